The lowest BCUT2D eigenvalue weighted by molar-refractivity contribution is -0.143. The van der Waals surface area contributed by atoms with Gasteiger partial charge < -0.3 is 9.72 Å². The van der Waals surface area contributed by atoms with Gasteiger partial charge in [-0.15, -0.1) is 0 Å². The SMILES string of the molecule is COC(=O)C1C2=C(C(=O)N(C)C2=O)c2c([nH]c3ccccc23)-c2ccccc21. The Morgan fingerprint density at radius 3 is 2.54 bits per heavy atom. The Morgan fingerprint density at radius 1 is 1.04 bits per heavy atom. The molecule has 1 aliphatic heterocycles. The van der Waals surface area contributed by atoms with Gasteiger partial charge in [0.15, 0.2) is 0 Å². The quantitative estimate of drug-likeness (QED) is 0.526. The molecule has 0 bridgehead atoms. The molecule has 0 radical (unpaired) electrons. The molecule has 2 amide bonds. The first-order valence-corrected chi connectivity index (χ1v) is 8.89. The summed E-state index contributed by atoms with van der Waals surface area (Å²) in [6, 6.07) is 15.0. The first-order valence-electron chi connectivity index (χ1n) is 8.89. The summed E-state index contributed by atoms with van der Waals surface area (Å²) in [5.41, 5.74) is 4.12. The van der Waals surface area contributed by atoms with Gasteiger partial charge in [0.25, 0.3) is 11.8 Å². The zero-order valence-electron chi connectivity index (χ0n) is 15.3. The molecular weight excluding hydrogens is 356 g/mol. The van der Waals surface area contributed by atoms with Crippen molar-refractivity contribution in [3.8, 4) is 11.3 Å². The molecule has 6 heteroatoms. The van der Waals surface area contributed by atoms with Gasteiger partial charge in [-0.2, -0.15) is 0 Å². The Labute approximate surface area is 160 Å². The second-order valence-electron chi connectivity index (χ2n) is 6.92. The van der Waals surface area contributed by atoms with E-state index in [-0.39, 0.29) is 11.1 Å². The minimum Gasteiger partial charge on any atom is -0.468 e. The van der Waals surface area contributed by atoms with Crippen LogP contribution >= 0.6 is 0 Å². The van der Waals surface area contributed by atoms with Crippen molar-refractivity contribution in [2.45, 2.75) is 5.92 Å². The maximum Gasteiger partial charge on any atom is 0.317 e. The Balaban J connectivity index is 1.99. The summed E-state index contributed by atoms with van der Waals surface area (Å²) < 4.78 is 5.03. The number of carbonyl (C=O) groups is 3. The van der Waals surface area contributed by atoms with Gasteiger partial charge in [-0.3, -0.25) is 19.3 Å². The number of ether oxygens (including phenoxy) is 1. The van der Waals surface area contributed by atoms with Crippen molar-refractivity contribution in [1.82, 2.24) is 9.88 Å². The normalized spacial score (nSPS) is 18.1. The number of carbonyl (C=O) groups excluding carboxylic acids is 3. The van der Waals surface area contributed by atoms with Gasteiger partial charge in [0, 0.05) is 34.7 Å². The molecule has 138 valence electrons. The van der Waals surface area contributed by atoms with Crippen LogP contribution in [0.4, 0.5) is 0 Å². The van der Waals surface area contributed by atoms with Crippen LogP contribution < -0.4 is 0 Å². The maximum atomic E-state index is 13.1. The molecule has 0 fully saturated rings. The van der Waals surface area contributed by atoms with E-state index in [0.717, 1.165) is 27.1 Å². The number of hydrogen-bond acceptors (Lipinski definition) is 4. The summed E-state index contributed by atoms with van der Waals surface area (Å²) in [6.07, 6.45) is 0. The largest absolute Gasteiger partial charge is 0.468 e. The van der Waals surface area contributed by atoms with Crippen LogP contribution in [0.1, 0.15) is 17.0 Å². The summed E-state index contributed by atoms with van der Waals surface area (Å²) in [6.45, 7) is 0. The predicted octanol–water partition coefficient (Wildman–Crippen LogP) is 2.86. The smallest absolute Gasteiger partial charge is 0.317 e. The zero-order chi connectivity index (χ0) is 19.6. The second kappa shape index (κ2) is 5.66. The highest BCUT2D eigenvalue weighted by atomic mass is 16.5. The molecular formula is C22H16N2O4. The topological polar surface area (TPSA) is 79.5 Å². The lowest BCUT2D eigenvalue weighted by atomic mass is 9.87. The molecule has 5 rings (SSSR count). The molecule has 2 aromatic carbocycles. The molecule has 28 heavy (non-hydrogen) atoms. The van der Waals surface area contributed by atoms with Crippen LogP contribution in [-0.2, 0) is 19.1 Å². The highest BCUT2D eigenvalue weighted by Gasteiger charge is 2.47. The third-order valence-corrected chi connectivity index (χ3v) is 5.55. The fraction of sp³-hybridized carbons (Fsp3) is 0.136. The van der Waals surface area contributed by atoms with Crippen LogP contribution in [0.25, 0.3) is 27.7 Å². The zero-order valence-corrected chi connectivity index (χ0v) is 15.3. The van der Waals surface area contributed by atoms with E-state index in [1.165, 1.54) is 14.2 Å². The van der Waals surface area contributed by atoms with E-state index in [9.17, 15) is 14.4 Å². The van der Waals surface area contributed by atoms with Gasteiger partial charge in [-0.1, -0.05) is 42.5 Å². The van der Waals surface area contributed by atoms with Crippen LogP contribution in [0, 0.1) is 0 Å². The number of H-pyrrole nitrogens is 1. The minimum atomic E-state index is -0.961. The van der Waals surface area contributed by atoms with Crippen LogP contribution in [0.2, 0.25) is 0 Å². The van der Waals surface area contributed by atoms with Crippen molar-refractivity contribution < 1.29 is 19.1 Å². The van der Waals surface area contributed by atoms with Crippen molar-refractivity contribution in [2.75, 3.05) is 14.2 Å². The molecule has 6 nitrogen and oxygen atoms in total. The van der Waals surface area contributed by atoms with Crippen molar-refractivity contribution >= 4 is 34.3 Å². The minimum absolute atomic E-state index is 0.176. The van der Waals surface area contributed by atoms with E-state index in [1.807, 2.05) is 42.5 Å². The first kappa shape index (κ1) is 16.5. The standard InChI is InChI=1S/C22H16N2O4/c1-24-20(25)17-15-13-9-5-6-10-14(13)23-19(15)12-8-4-3-7-11(12)16(22(27)28-2)18(17)21(24)26/h3-10,16,23H,1-2H3. The molecule has 0 spiro atoms. The molecule has 2 heterocycles. The third kappa shape index (κ3) is 1.94. The van der Waals surface area contributed by atoms with Crippen molar-refractivity contribution in [2.24, 2.45) is 0 Å². The number of nitrogens with one attached hydrogen (secondary N) is 1. The number of likely N-dealkylation sites (N-methyl/N-ethyl adjacent to an activating group) is 1. The van der Waals surface area contributed by atoms with Crippen LogP contribution in [0.15, 0.2) is 54.1 Å². The lowest BCUT2D eigenvalue weighted by Gasteiger charge is -2.18. The van der Waals surface area contributed by atoms with E-state index in [2.05, 4.69) is 4.98 Å². The fourth-order valence-corrected chi connectivity index (χ4v) is 4.27. The summed E-state index contributed by atoms with van der Waals surface area (Å²) >= 11 is 0. The molecule has 2 aliphatic rings. The van der Waals surface area contributed by atoms with E-state index < -0.39 is 23.7 Å². The average Bonchev–Trinajstić information content (AvgIpc) is 3.15. The van der Waals surface area contributed by atoms with Crippen molar-refractivity contribution in [3.05, 3.63) is 65.2 Å². The van der Waals surface area contributed by atoms with Gasteiger partial charge in [0.05, 0.1) is 18.4 Å². The van der Waals surface area contributed by atoms with Gasteiger partial charge in [-0.05, 0) is 11.6 Å². The van der Waals surface area contributed by atoms with E-state index in [0.29, 0.717) is 11.1 Å². The van der Waals surface area contributed by atoms with Gasteiger partial charge in [0.1, 0.15) is 5.92 Å². The van der Waals surface area contributed by atoms with E-state index >= 15 is 0 Å². The number of amides is 2. The number of methoxy groups -OCH3 is 1. The van der Waals surface area contributed by atoms with Crippen molar-refractivity contribution in [3.63, 3.8) is 0 Å². The molecule has 0 saturated carbocycles. The predicted molar refractivity (Wildman–Crippen MR) is 103 cm³/mol. The highest BCUT2D eigenvalue weighted by molar-refractivity contribution is 6.40. The van der Waals surface area contributed by atoms with E-state index in [4.69, 9.17) is 4.74 Å². The molecule has 1 atom stereocenters. The summed E-state index contributed by atoms with van der Waals surface area (Å²) in [5, 5.41) is 0.835. The number of rotatable bonds is 1. The highest BCUT2D eigenvalue weighted by Crippen LogP contribution is 2.49. The maximum absolute atomic E-state index is 13.1. The average molecular weight is 372 g/mol. The Morgan fingerprint density at radius 2 is 1.75 bits per heavy atom. The second-order valence-corrected chi connectivity index (χ2v) is 6.92. The number of aromatic amines is 1. The number of benzene rings is 2. The number of fused-ring (bicyclic) bond motifs is 6. The summed E-state index contributed by atoms with van der Waals surface area (Å²) in [4.78, 5) is 43.4. The third-order valence-electron chi connectivity index (χ3n) is 5.55. The number of nitrogens with zero attached hydrogens (tertiary/aromatic N) is 1. The van der Waals surface area contributed by atoms with E-state index in [1.54, 1.807) is 6.07 Å². The lowest BCUT2D eigenvalue weighted by Crippen LogP contribution is -2.29. The summed E-state index contributed by atoms with van der Waals surface area (Å²) in [7, 11) is 2.73. The molecule has 1 unspecified atom stereocenters. The van der Waals surface area contributed by atoms with Crippen LogP contribution in [0.5, 0.6) is 0 Å². The van der Waals surface area contributed by atoms with Gasteiger partial charge >= 0.3 is 5.97 Å². The van der Waals surface area contributed by atoms with Crippen LogP contribution in [-0.4, -0.2) is 41.8 Å². The monoisotopic (exact) mass is 372 g/mol. The van der Waals surface area contributed by atoms with Crippen LogP contribution in [0.3, 0.4) is 0 Å². The molecule has 3 aromatic rings. The number of aromatic nitrogens is 1. The molecule has 0 saturated heterocycles. The van der Waals surface area contributed by atoms with Gasteiger partial charge in [0.2, 0.25) is 0 Å². The molecule has 1 aliphatic carbocycles. The number of hydrogen-bond donors (Lipinski definition) is 1. The fourth-order valence-electron chi connectivity index (χ4n) is 4.27. The number of imide groups is 1. The van der Waals surface area contributed by atoms with Crippen molar-refractivity contribution in [1.29, 1.82) is 0 Å². The number of para-hydroxylation sites is 1. The Bertz CT molecular complexity index is 1230. The Hall–Kier alpha value is -3.67. The Kier molecular flexibility index (Phi) is 3.34. The molecule has 1 aromatic heterocycles. The number of esters is 1. The summed E-state index contributed by atoms with van der Waals surface area (Å²) in [5.74, 6) is -2.40. The first-order chi connectivity index (χ1) is 13.5. The van der Waals surface area contributed by atoms with Gasteiger partial charge in [-0.25, -0.2) is 0 Å². The molecule has 1 N–H and O–H groups in total.